The zero-order valence-electron chi connectivity index (χ0n) is 9.92. The standard InChI is InChI=1S/C13H19NOS/c1-10-3-4-12(11(2)9-10)5-7-14-13(15)6-8-16/h3-4,9,16H,5-8H2,1-2H3,(H,14,15). The van der Waals surface area contributed by atoms with Gasteiger partial charge in [-0.1, -0.05) is 23.8 Å². The summed E-state index contributed by atoms with van der Waals surface area (Å²) in [5, 5.41) is 2.89. The molecule has 88 valence electrons. The molecule has 1 aromatic carbocycles. The molecule has 0 aliphatic carbocycles. The van der Waals surface area contributed by atoms with E-state index in [0.29, 0.717) is 18.7 Å². The van der Waals surface area contributed by atoms with E-state index in [1.807, 2.05) is 0 Å². The average Bonchev–Trinajstić information content (AvgIpc) is 2.22. The third kappa shape index (κ3) is 4.27. The Labute approximate surface area is 103 Å². The first-order chi connectivity index (χ1) is 7.63. The van der Waals surface area contributed by atoms with Crippen LogP contribution in [0.3, 0.4) is 0 Å². The molecule has 0 radical (unpaired) electrons. The van der Waals surface area contributed by atoms with Crippen LogP contribution in [0.4, 0.5) is 0 Å². The first-order valence-electron chi connectivity index (χ1n) is 5.57. The van der Waals surface area contributed by atoms with E-state index in [9.17, 15) is 4.79 Å². The summed E-state index contributed by atoms with van der Waals surface area (Å²) in [7, 11) is 0. The van der Waals surface area contributed by atoms with Crippen LogP contribution in [-0.2, 0) is 11.2 Å². The molecule has 1 N–H and O–H groups in total. The molecule has 0 heterocycles. The minimum absolute atomic E-state index is 0.0831. The van der Waals surface area contributed by atoms with Crippen molar-refractivity contribution in [2.24, 2.45) is 0 Å². The summed E-state index contributed by atoms with van der Waals surface area (Å²) in [5.74, 6) is 0.690. The van der Waals surface area contributed by atoms with Crippen LogP contribution in [0, 0.1) is 13.8 Å². The van der Waals surface area contributed by atoms with Crippen LogP contribution < -0.4 is 5.32 Å². The van der Waals surface area contributed by atoms with Crippen molar-refractivity contribution >= 4 is 18.5 Å². The van der Waals surface area contributed by atoms with E-state index in [1.54, 1.807) is 0 Å². The van der Waals surface area contributed by atoms with E-state index in [1.165, 1.54) is 16.7 Å². The summed E-state index contributed by atoms with van der Waals surface area (Å²) in [6.07, 6.45) is 1.39. The number of thiol groups is 1. The minimum atomic E-state index is 0.0831. The van der Waals surface area contributed by atoms with Crippen LogP contribution in [0.1, 0.15) is 23.1 Å². The van der Waals surface area contributed by atoms with Gasteiger partial charge >= 0.3 is 0 Å². The highest BCUT2D eigenvalue weighted by Crippen LogP contribution is 2.10. The number of hydrogen-bond acceptors (Lipinski definition) is 2. The molecule has 0 saturated heterocycles. The summed E-state index contributed by atoms with van der Waals surface area (Å²) in [6.45, 7) is 4.90. The van der Waals surface area contributed by atoms with Gasteiger partial charge in [0.2, 0.25) is 5.91 Å². The van der Waals surface area contributed by atoms with Gasteiger partial charge in [-0.3, -0.25) is 4.79 Å². The van der Waals surface area contributed by atoms with Gasteiger partial charge in [0.15, 0.2) is 0 Å². The lowest BCUT2D eigenvalue weighted by Crippen LogP contribution is -2.25. The Balaban J connectivity index is 2.40. The quantitative estimate of drug-likeness (QED) is 0.756. The molecule has 0 aromatic heterocycles. The molecule has 1 amide bonds. The second-order valence-corrected chi connectivity index (χ2v) is 4.45. The smallest absolute Gasteiger partial charge is 0.220 e. The Bertz CT molecular complexity index is 363. The van der Waals surface area contributed by atoms with Crippen molar-refractivity contribution in [3.63, 3.8) is 0 Å². The van der Waals surface area contributed by atoms with E-state index in [0.717, 1.165) is 6.42 Å². The van der Waals surface area contributed by atoms with Crippen molar-refractivity contribution in [2.45, 2.75) is 26.7 Å². The van der Waals surface area contributed by atoms with Gasteiger partial charge in [0.05, 0.1) is 0 Å². The van der Waals surface area contributed by atoms with Gasteiger partial charge in [-0.05, 0) is 37.1 Å². The molecular weight excluding hydrogens is 218 g/mol. The molecule has 0 bridgehead atoms. The molecule has 1 aromatic rings. The second-order valence-electron chi connectivity index (χ2n) is 4.00. The topological polar surface area (TPSA) is 29.1 Å². The zero-order valence-corrected chi connectivity index (χ0v) is 10.8. The maximum atomic E-state index is 11.2. The summed E-state index contributed by atoms with van der Waals surface area (Å²) in [5.41, 5.74) is 3.88. The van der Waals surface area contributed by atoms with Crippen molar-refractivity contribution < 1.29 is 4.79 Å². The molecule has 1 rings (SSSR count). The number of carbonyl (C=O) groups is 1. The van der Waals surface area contributed by atoms with Crippen LogP contribution in [0.25, 0.3) is 0 Å². The molecule has 0 fully saturated rings. The van der Waals surface area contributed by atoms with E-state index >= 15 is 0 Å². The molecule has 2 nitrogen and oxygen atoms in total. The molecule has 0 spiro atoms. The first-order valence-corrected chi connectivity index (χ1v) is 6.20. The Hall–Kier alpha value is -0.960. The van der Waals surface area contributed by atoms with Crippen molar-refractivity contribution in [3.05, 3.63) is 34.9 Å². The number of aryl methyl sites for hydroxylation is 2. The molecule has 0 saturated carbocycles. The normalized spacial score (nSPS) is 10.2. The van der Waals surface area contributed by atoms with E-state index in [-0.39, 0.29) is 5.91 Å². The van der Waals surface area contributed by atoms with E-state index in [2.05, 4.69) is 50.0 Å². The number of hydrogen-bond donors (Lipinski definition) is 2. The van der Waals surface area contributed by atoms with Gasteiger partial charge in [0.1, 0.15) is 0 Å². The lowest BCUT2D eigenvalue weighted by Gasteiger charge is -2.08. The number of nitrogens with one attached hydrogen (secondary N) is 1. The van der Waals surface area contributed by atoms with Crippen molar-refractivity contribution in [2.75, 3.05) is 12.3 Å². The molecule has 0 unspecified atom stereocenters. The fourth-order valence-corrected chi connectivity index (χ4v) is 1.86. The number of rotatable bonds is 5. The predicted octanol–water partition coefficient (Wildman–Crippen LogP) is 2.28. The maximum Gasteiger partial charge on any atom is 0.220 e. The summed E-state index contributed by atoms with van der Waals surface area (Å²) < 4.78 is 0. The summed E-state index contributed by atoms with van der Waals surface area (Å²) in [4.78, 5) is 11.2. The number of benzene rings is 1. The summed E-state index contributed by atoms with van der Waals surface area (Å²) >= 11 is 4.02. The van der Waals surface area contributed by atoms with Crippen LogP contribution >= 0.6 is 12.6 Å². The molecule has 0 atom stereocenters. The van der Waals surface area contributed by atoms with Crippen LogP contribution in [0.2, 0.25) is 0 Å². The predicted molar refractivity (Wildman–Crippen MR) is 71.1 cm³/mol. The van der Waals surface area contributed by atoms with Crippen molar-refractivity contribution in [1.82, 2.24) is 5.32 Å². The third-order valence-corrected chi connectivity index (χ3v) is 2.78. The molecule has 3 heteroatoms. The third-order valence-electron chi connectivity index (χ3n) is 2.55. The number of amides is 1. The second kappa shape index (κ2) is 6.59. The SMILES string of the molecule is Cc1ccc(CCNC(=O)CCS)c(C)c1. The van der Waals surface area contributed by atoms with Crippen LogP contribution in [0.5, 0.6) is 0 Å². The highest BCUT2D eigenvalue weighted by Gasteiger charge is 2.01. The fraction of sp³-hybridized carbons (Fsp3) is 0.462. The van der Waals surface area contributed by atoms with Gasteiger partial charge < -0.3 is 5.32 Å². The van der Waals surface area contributed by atoms with Crippen molar-refractivity contribution in [3.8, 4) is 0 Å². The molecule has 0 aliphatic rings. The molecular formula is C13H19NOS. The van der Waals surface area contributed by atoms with Gasteiger partial charge in [-0.2, -0.15) is 12.6 Å². The largest absolute Gasteiger partial charge is 0.356 e. The first kappa shape index (κ1) is 13.1. The van der Waals surface area contributed by atoms with E-state index < -0.39 is 0 Å². The Kier molecular flexibility index (Phi) is 5.39. The highest BCUT2D eigenvalue weighted by molar-refractivity contribution is 7.80. The van der Waals surface area contributed by atoms with Crippen molar-refractivity contribution in [1.29, 1.82) is 0 Å². The Morgan fingerprint density at radius 2 is 2.12 bits per heavy atom. The van der Waals surface area contributed by atoms with Gasteiger partial charge in [0.25, 0.3) is 0 Å². The van der Waals surface area contributed by atoms with Gasteiger partial charge in [-0.25, -0.2) is 0 Å². The van der Waals surface area contributed by atoms with Gasteiger partial charge in [0, 0.05) is 13.0 Å². The highest BCUT2D eigenvalue weighted by atomic mass is 32.1. The Morgan fingerprint density at radius 1 is 1.38 bits per heavy atom. The lowest BCUT2D eigenvalue weighted by molar-refractivity contribution is -0.120. The van der Waals surface area contributed by atoms with Gasteiger partial charge in [-0.15, -0.1) is 0 Å². The number of carbonyl (C=O) groups excluding carboxylic acids is 1. The van der Waals surface area contributed by atoms with E-state index in [4.69, 9.17) is 0 Å². The zero-order chi connectivity index (χ0) is 12.0. The van der Waals surface area contributed by atoms with Crippen LogP contribution in [0.15, 0.2) is 18.2 Å². The fourth-order valence-electron chi connectivity index (χ4n) is 1.65. The Morgan fingerprint density at radius 3 is 2.75 bits per heavy atom. The average molecular weight is 237 g/mol. The molecule has 0 aliphatic heterocycles. The summed E-state index contributed by atoms with van der Waals surface area (Å²) in [6, 6.07) is 6.41. The lowest BCUT2D eigenvalue weighted by atomic mass is 10.0. The van der Waals surface area contributed by atoms with Crippen LogP contribution in [-0.4, -0.2) is 18.2 Å². The minimum Gasteiger partial charge on any atom is -0.356 e. The maximum absolute atomic E-state index is 11.2. The monoisotopic (exact) mass is 237 g/mol. The molecule has 16 heavy (non-hydrogen) atoms.